The first kappa shape index (κ1) is 17.4. The van der Waals surface area contributed by atoms with Crippen molar-refractivity contribution in [2.45, 2.75) is 37.8 Å². The van der Waals surface area contributed by atoms with Crippen LogP contribution in [0.4, 0.5) is 5.69 Å². The number of halogens is 1. The molecule has 0 spiro atoms. The van der Waals surface area contributed by atoms with Gasteiger partial charge in [0.2, 0.25) is 5.91 Å². The third kappa shape index (κ3) is 2.68. The summed E-state index contributed by atoms with van der Waals surface area (Å²) in [5.74, 6) is -0.232. The molecule has 2 aliphatic rings. The number of nitrogens with two attached hydrogens (primary N) is 2. The summed E-state index contributed by atoms with van der Waals surface area (Å²) >= 11 is 6.13. The molecule has 1 heterocycles. The van der Waals surface area contributed by atoms with Gasteiger partial charge in [0.15, 0.2) is 0 Å². The zero-order chi connectivity index (χ0) is 18.3. The fraction of sp³-hybridized carbons (Fsp3) is 0.381. The maximum Gasteiger partial charge on any atom is 0.226 e. The van der Waals surface area contributed by atoms with E-state index in [4.69, 9.17) is 23.1 Å². The Hall–Kier alpha value is -2.04. The zero-order valence-electron chi connectivity index (χ0n) is 14.6. The number of nitrogens with one attached hydrogen (secondary N) is 1. The number of aryl methyl sites for hydroxylation is 1. The first-order valence-electron chi connectivity index (χ1n) is 9.18. The molecule has 1 aliphatic heterocycles. The molecule has 136 valence electrons. The van der Waals surface area contributed by atoms with E-state index in [0.29, 0.717) is 5.02 Å². The Morgan fingerprint density at radius 2 is 2.00 bits per heavy atom. The van der Waals surface area contributed by atoms with Crippen LogP contribution in [0, 0.1) is 11.3 Å². The molecule has 2 aromatic carbocycles. The number of benzene rings is 2. The van der Waals surface area contributed by atoms with Crippen molar-refractivity contribution in [3.8, 4) is 0 Å². The average Bonchev–Trinajstić information content (AvgIpc) is 2.61. The molecule has 1 saturated carbocycles. The predicted molar refractivity (Wildman–Crippen MR) is 105 cm³/mol. The smallest absolute Gasteiger partial charge is 0.226 e. The molecule has 1 amide bonds. The Kier molecular flexibility index (Phi) is 4.41. The lowest BCUT2D eigenvalue weighted by atomic mass is 9.52. The van der Waals surface area contributed by atoms with Gasteiger partial charge in [0.25, 0.3) is 0 Å². The molecular weight excluding hydrogens is 346 g/mol. The second kappa shape index (κ2) is 6.60. The average molecular weight is 370 g/mol. The summed E-state index contributed by atoms with van der Waals surface area (Å²) < 4.78 is 0. The lowest BCUT2D eigenvalue weighted by molar-refractivity contribution is -0.142. The molecule has 4 rings (SSSR count). The van der Waals surface area contributed by atoms with Crippen molar-refractivity contribution < 1.29 is 4.79 Å². The number of amides is 1. The van der Waals surface area contributed by atoms with Crippen molar-refractivity contribution in [2.75, 3.05) is 5.32 Å². The fourth-order valence-corrected chi connectivity index (χ4v) is 5.00. The minimum absolute atomic E-state index is 0.0129. The van der Waals surface area contributed by atoms with E-state index in [1.54, 1.807) is 0 Å². The van der Waals surface area contributed by atoms with Crippen molar-refractivity contribution in [3.63, 3.8) is 0 Å². The van der Waals surface area contributed by atoms with E-state index in [1.807, 2.05) is 36.4 Å². The monoisotopic (exact) mass is 369 g/mol. The fourth-order valence-electron chi connectivity index (χ4n) is 4.80. The van der Waals surface area contributed by atoms with Gasteiger partial charge in [0.1, 0.15) is 0 Å². The number of fused-ring (bicyclic) bond motifs is 1. The van der Waals surface area contributed by atoms with Gasteiger partial charge in [-0.2, -0.15) is 0 Å². The van der Waals surface area contributed by atoms with E-state index < -0.39 is 5.41 Å². The molecule has 2 unspecified atom stereocenters. The third-order valence-corrected chi connectivity index (χ3v) is 6.56. The minimum Gasteiger partial charge on any atom is -0.381 e. The van der Waals surface area contributed by atoms with Crippen molar-refractivity contribution in [1.82, 2.24) is 0 Å². The first-order chi connectivity index (χ1) is 12.5. The van der Waals surface area contributed by atoms with E-state index >= 15 is 0 Å². The number of rotatable bonds is 4. The van der Waals surface area contributed by atoms with Gasteiger partial charge in [-0.15, -0.1) is 0 Å². The van der Waals surface area contributed by atoms with Crippen LogP contribution in [-0.4, -0.2) is 11.9 Å². The molecule has 0 saturated heterocycles. The van der Waals surface area contributed by atoms with Crippen molar-refractivity contribution in [2.24, 2.45) is 22.8 Å². The molecule has 2 aromatic rings. The van der Waals surface area contributed by atoms with E-state index in [9.17, 15) is 4.79 Å². The second-order valence-electron chi connectivity index (χ2n) is 7.52. The molecule has 0 aromatic heterocycles. The number of hydrogen-bond donors (Lipinski definition) is 3. The normalized spacial score (nSPS) is 28.4. The van der Waals surface area contributed by atoms with Crippen LogP contribution in [0.1, 0.15) is 36.4 Å². The number of para-hydroxylation sites is 1. The van der Waals surface area contributed by atoms with Crippen LogP contribution in [0.3, 0.4) is 0 Å². The van der Waals surface area contributed by atoms with Gasteiger partial charge in [-0.25, -0.2) is 0 Å². The van der Waals surface area contributed by atoms with Crippen LogP contribution in [0.5, 0.6) is 0 Å². The minimum atomic E-state index is -0.616. The molecular formula is C21H24ClN3O. The van der Waals surface area contributed by atoms with Gasteiger partial charge in [-0.1, -0.05) is 41.9 Å². The number of hydrogen-bond acceptors (Lipinski definition) is 3. The summed E-state index contributed by atoms with van der Waals surface area (Å²) in [4.78, 5) is 12.6. The quantitative estimate of drug-likeness (QED) is 0.769. The molecule has 1 fully saturated rings. The van der Waals surface area contributed by atoms with Crippen molar-refractivity contribution in [3.05, 3.63) is 64.7 Å². The highest BCUT2D eigenvalue weighted by atomic mass is 35.5. The molecule has 4 nitrogen and oxygen atoms in total. The predicted octanol–water partition coefficient (Wildman–Crippen LogP) is 3.65. The van der Waals surface area contributed by atoms with Gasteiger partial charge >= 0.3 is 0 Å². The number of carbonyl (C=O) groups is 1. The highest BCUT2D eigenvalue weighted by molar-refractivity contribution is 6.30. The topological polar surface area (TPSA) is 81.1 Å². The summed E-state index contributed by atoms with van der Waals surface area (Å²) in [6, 6.07) is 15.6. The lowest BCUT2D eigenvalue weighted by Crippen LogP contribution is -2.62. The van der Waals surface area contributed by atoms with E-state index in [1.165, 1.54) is 5.56 Å². The molecule has 1 aliphatic carbocycles. The van der Waals surface area contributed by atoms with Crippen LogP contribution >= 0.6 is 11.6 Å². The van der Waals surface area contributed by atoms with E-state index in [-0.39, 0.29) is 23.9 Å². The van der Waals surface area contributed by atoms with Gasteiger partial charge in [-0.3, -0.25) is 4.79 Å². The van der Waals surface area contributed by atoms with Crippen LogP contribution < -0.4 is 16.8 Å². The zero-order valence-corrected chi connectivity index (χ0v) is 15.4. The SMILES string of the molecule is NC(=O)[C@]1(C2CCc3ccccc3N2)CC[C@@H]1C(N)c1cccc(Cl)c1. The summed E-state index contributed by atoms with van der Waals surface area (Å²) in [7, 11) is 0. The maximum atomic E-state index is 12.6. The molecule has 5 N–H and O–H groups in total. The summed E-state index contributed by atoms with van der Waals surface area (Å²) in [6.07, 6.45) is 3.51. The van der Waals surface area contributed by atoms with Crippen molar-refractivity contribution in [1.29, 1.82) is 0 Å². The number of carbonyl (C=O) groups excluding carboxylic acids is 1. The van der Waals surface area contributed by atoms with Gasteiger partial charge in [-0.05, 0) is 60.9 Å². The summed E-state index contributed by atoms with van der Waals surface area (Å²) in [5.41, 5.74) is 15.3. The first-order valence-corrected chi connectivity index (χ1v) is 9.55. The molecule has 0 radical (unpaired) electrons. The Morgan fingerprint density at radius 1 is 1.19 bits per heavy atom. The Labute approximate surface area is 158 Å². The third-order valence-electron chi connectivity index (χ3n) is 6.33. The highest BCUT2D eigenvalue weighted by Gasteiger charge is 2.58. The molecule has 0 bridgehead atoms. The largest absolute Gasteiger partial charge is 0.381 e. The Balaban J connectivity index is 1.64. The molecule has 26 heavy (non-hydrogen) atoms. The molecule has 4 atom stereocenters. The van der Waals surface area contributed by atoms with Gasteiger partial charge < -0.3 is 16.8 Å². The standard InChI is InChI=1S/C21H24ClN3O/c22-15-6-3-5-14(12-15)19(23)16-10-11-21(16,20(24)26)18-9-8-13-4-1-2-7-17(13)25-18/h1-7,12,16,18-19,25H,8-11,23H2,(H2,24,26)/t16-,18?,19?,21-/m1/s1. The van der Waals surface area contributed by atoms with Crippen LogP contribution in [-0.2, 0) is 11.2 Å². The lowest BCUT2D eigenvalue weighted by Gasteiger charge is -2.55. The Morgan fingerprint density at radius 3 is 2.69 bits per heavy atom. The van der Waals surface area contributed by atoms with Crippen LogP contribution in [0.2, 0.25) is 5.02 Å². The van der Waals surface area contributed by atoms with E-state index in [2.05, 4.69) is 17.4 Å². The van der Waals surface area contributed by atoms with Crippen molar-refractivity contribution >= 4 is 23.2 Å². The number of primary amides is 1. The van der Waals surface area contributed by atoms with Gasteiger partial charge in [0, 0.05) is 22.8 Å². The van der Waals surface area contributed by atoms with Crippen LogP contribution in [0.25, 0.3) is 0 Å². The highest BCUT2D eigenvalue weighted by Crippen LogP contribution is 2.56. The second-order valence-corrected chi connectivity index (χ2v) is 7.96. The Bertz CT molecular complexity index is 840. The van der Waals surface area contributed by atoms with E-state index in [0.717, 1.165) is 36.9 Å². The maximum absolute atomic E-state index is 12.6. The van der Waals surface area contributed by atoms with Gasteiger partial charge in [0.05, 0.1) is 5.41 Å². The number of anilines is 1. The van der Waals surface area contributed by atoms with Crippen LogP contribution in [0.15, 0.2) is 48.5 Å². The summed E-state index contributed by atoms with van der Waals surface area (Å²) in [6.45, 7) is 0. The molecule has 5 heteroatoms. The summed E-state index contributed by atoms with van der Waals surface area (Å²) in [5, 5.41) is 4.25.